The number of anilines is 1. The molecule has 1 aromatic carbocycles. The van der Waals surface area contributed by atoms with Gasteiger partial charge in [0.1, 0.15) is 0 Å². The topological polar surface area (TPSA) is 24.1 Å². The lowest BCUT2D eigenvalue weighted by molar-refractivity contribution is 0.318. The van der Waals surface area contributed by atoms with Crippen molar-refractivity contribution in [3.8, 4) is 0 Å². The predicted octanol–water partition coefficient (Wildman–Crippen LogP) is 3.27. The molecule has 0 atom stereocenters. The maximum absolute atomic E-state index is 3.58. The number of benzene rings is 1. The van der Waals surface area contributed by atoms with Gasteiger partial charge in [0.25, 0.3) is 0 Å². The molecule has 1 aliphatic carbocycles. The summed E-state index contributed by atoms with van der Waals surface area (Å²) >= 11 is 0. The van der Waals surface area contributed by atoms with Crippen LogP contribution in [0.4, 0.5) is 5.69 Å². The first-order valence-electron chi connectivity index (χ1n) is 6.78. The fourth-order valence-electron chi connectivity index (χ4n) is 2.65. The van der Waals surface area contributed by atoms with Crippen LogP contribution in [0.5, 0.6) is 0 Å². The summed E-state index contributed by atoms with van der Waals surface area (Å²) in [6, 6.07) is 10.4. The van der Waals surface area contributed by atoms with Gasteiger partial charge in [-0.15, -0.1) is 0 Å². The lowest BCUT2D eigenvalue weighted by atomic mass is 9.89. The van der Waals surface area contributed by atoms with E-state index >= 15 is 0 Å². The number of para-hydroxylation sites is 1. The first-order valence-corrected chi connectivity index (χ1v) is 6.78. The molecule has 94 valence electrons. The van der Waals surface area contributed by atoms with E-state index in [1.54, 1.807) is 0 Å². The van der Waals surface area contributed by atoms with E-state index in [1.807, 2.05) is 6.07 Å². The first-order chi connectivity index (χ1) is 8.29. The standard InChI is InChI=1S/C15H24N2/c1-15(9-5-6-10-15)13-16-11-12-17-14-7-3-2-4-8-14/h2-4,7-8,16-17H,5-6,9-13H2,1H3. The fraction of sp³-hybridized carbons (Fsp3) is 0.600. The van der Waals surface area contributed by atoms with E-state index in [0.29, 0.717) is 5.41 Å². The van der Waals surface area contributed by atoms with Crippen molar-refractivity contribution in [1.29, 1.82) is 0 Å². The van der Waals surface area contributed by atoms with Gasteiger partial charge in [0.05, 0.1) is 0 Å². The summed E-state index contributed by atoms with van der Waals surface area (Å²) in [6.07, 6.45) is 5.62. The van der Waals surface area contributed by atoms with Crippen LogP contribution in [0.15, 0.2) is 30.3 Å². The molecule has 2 heteroatoms. The van der Waals surface area contributed by atoms with Crippen LogP contribution in [0, 0.1) is 5.41 Å². The molecule has 0 unspecified atom stereocenters. The lowest BCUT2D eigenvalue weighted by Crippen LogP contribution is -2.32. The average Bonchev–Trinajstić information content (AvgIpc) is 2.77. The number of rotatable bonds is 6. The minimum absolute atomic E-state index is 0.562. The van der Waals surface area contributed by atoms with E-state index in [4.69, 9.17) is 0 Å². The molecule has 1 aliphatic rings. The molecule has 2 N–H and O–H groups in total. The summed E-state index contributed by atoms with van der Waals surface area (Å²) in [5, 5.41) is 7.00. The molecule has 0 heterocycles. The Morgan fingerprint density at radius 2 is 1.76 bits per heavy atom. The highest BCUT2D eigenvalue weighted by Gasteiger charge is 2.27. The van der Waals surface area contributed by atoms with Crippen molar-refractivity contribution in [2.75, 3.05) is 25.0 Å². The van der Waals surface area contributed by atoms with Gasteiger partial charge in [-0.1, -0.05) is 38.0 Å². The molecule has 0 amide bonds. The highest BCUT2D eigenvalue weighted by molar-refractivity contribution is 5.42. The maximum atomic E-state index is 3.58. The Balaban J connectivity index is 1.58. The summed E-state index contributed by atoms with van der Waals surface area (Å²) in [6.45, 7) is 5.63. The molecule has 17 heavy (non-hydrogen) atoms. The number of nitrogens with one attached hydrogen (secondary N) is 2. The van der Waals surface area contributed by atoms with Gasteiger partial charge < -0.3 is 10.6 Å². The largest absolute Gasteiger partial charge is 0.384 e. The summed E-state index contributed by atoms with van der Waals surface area (Å²) in [5.41, 5.74) is 1.77. The van der Waals surface area contributed by atoms with E-state index in [-0.39, 0.29) is 0 Å². The quantitative estimate of drug-likeness (QED) is 0.736. The summed E-state index contributed by atoms with van der Waals surface area (Å²) < 4.78 is 0. The zero-order valence-electron chi connectivity index (χ0n) is 10.8. The molecular formula is C15H24N2. The second-order valence-electron chi connectivity index (χ2n) is 5.49. The minimum Gasteiger partial charge on any atom is -0.384 e. The highest BCUT2D eigenvalue weighted by Crippen LogP contribution is 2.36. The first kappa shape index (κ1) is 12.4. The Morgan fingerprint density at radius 1 is 1.06 bits per heavy atom. The van der Waals surface area contributed by atoms with Crippen molar-refractivity contribution in [2.45, 2.75) is 32.6 Å². The van der Waals surface area contributed by atoms with Crippen LogP contribution < -0.4 is 10.6 Å². The van der Waals surface area contributed by atoms with Gasteiger partial charge in [-0.2, -0.15) is 0 Å². The molecule has 1 aromatic rings. The van der Waals surface area contributed by atoms with Crippen LogP contribution in [-0.2, 0) is 0 Å². The maximum Gasteiger partial charge on any atom is 0.0340 e. The Kier molecular flexibility index (Phi) is 4.43. The van der Waals surface area contributed by atoms with Crippen LogP contribution in [-0.4, -0.2) is 19.6 Å². The molecule has 2 nitrogen and oxygen atoms in total. The van der Waals surface area contributed by atoms with Crippen molar-refractivity contribution in [1.82, 2.24) is 5.32 Å². The summed E-state index contributed by atoms with van der Waals surface area (Å²) in [7, 11) is 0. The highest BCUT2D eigenvalue weighted by atomic mass is 14.9. The Hall–Kier alpha value is -1.02. The van der Waals surface area contributed by atoms with E-state index in [2.05, 4.69) is 41.8 Å². The molecule has 0 aromatic heterocycles. The second-order valence-corrected chi connectivity index (χ2v) is 5.49. The smallest absolute Gasteiger partial charge is 0.0340 e. The average molecular weight is 232 g/mol. The summed E-state index contributed by atoms with van der Waals surface area (Å²) in [5.74, 6) is 0. The monoisotopic (exact) mass is 232 g/mol. The minimum atomic E-state index is 0.562. The van der Waals surface area contributed by atoms with Crippen LogP contribution in [0.3, 0.4) is 0 Å². The molecule has 1 saturated carbocycles. The zero-order chi connectivity index (χ0) is 12.0. The Labute approximate surface area is 105 Å². The van der Waals surface area contributed by atoms with Gasteiger partial charge >= 0.3 is 0 Å². The fourth-order valence-corrected chi connectivity index (χ4v) is 2.65. The normalized spacial score (nSPS) is 18.2. The van der Waals surface area contributed by atoms with Gasteiger partial charge in [0.2, 0.25) is 0 Å². The van der Waals surface area contributed by atoms with Crippen molar-refractivity contribution < 1.29 is 0 Å². The van der Waals surface area contributed by atoms with Crippen molar-refractivity contribution in [3.05, 3.63) is 30.3 Å². The van der Waals surface area contributed by atoms with Crippen LogP contribution in [0.2, 0.25) is 0 Å². The Bertz CT molecular complexity index is 315. The van der Waals surface area contributed by atoms with Crippen LogP contribution in [0.1, 0.15) is 32.6 Å². The zero-order valence-corrected chi connectivity index (χ0v) is 10.8. The Morgan fingerprint density at radius 3 is 2.47 bits per heavy atom. The van der Waals surface area contributed by atoms with E-state index < -0.39 is 0 Å². The molecule has 0 aliphatic heterocycles. The van der Waals surface area contributed by atoms with E-state index in [0.717, 1.165) is 13.1 Å². The summed E-state index contributed by atoms with van der Waals surface area (Å²) in [4.78, 5) is 0. The van der Waals surface area contributed by atoms with Gasteiger partial charge in [0.15, 0.2) is 0 Å². The lowest BCUT2D eigenvalue weighted by Gasteiger charge is -2.23. The van der Waals surface area contributed by atoms with Crippen LogP contribution >= 0.6 is 0 Å². The SMILES string of the molecule is CC1(CNCCNc2ccccc2)CCCC1. The van der Waals surface area contributed by atoms with E-state index in [1.165, 1.54) is 37.9 Å². The molecule has 0 saturated heterocycles. The van der Waals surface area contributed by atoms with Gasteiger partial charge in [-0.25, -0.2) is 0 Å². The molecule has 2 rings (SSSR count). The third kappa shape index (κ3) is 4.04. The number of hydrogen-bond acceptors (Lipinski definition) is 2. The van der Waals surface area contributed by atoms with Crippen molar-refractivity contribution in [2.24, 2.45) is 5.41 Å². The third-order valence-electron chi connectivity index (χ3n) is 3.77. The van der Waals surface area contributed by atoms with E-state index in [9.17, 15) is 0 Å². The van der Waals surface area contributed by atoms with Crippen molar-refractivity contribution in [3.63, 3.8) is 0 Å². The molecular weight excluding hydrogens is 208 g/mol. The van der Waals surface area contributed by atoms with Gasteiger partial charge in [0, 0.05) is 25.3 Å². The number of hydrogen-bond donors (Lipinski definition) is 2. The molecule has 1 fully saturated rings. The molecule has 0 spiro atoms. The van der Waals surface area contributed by atoms with Crippen LogP contribution in [0.25, 0.3) is 0 Å². The van der Waals surface area contributed by atoms with Crippen molar-refractivity contribution >= 4 is 5.69 Å². The molecule has 0 radical (unpaired) electrons. The van der Waals surface area contributed by atoms with Gasteiger partial charge in [-0.3, -0.25) is 0 Å². The second kappa shape index (κ2) is 6.06. The third-order valence-corrected chi connectivity index (χ3v) is 3.77. The van der Waals surface area contributed by atoms with Gasteiger partial charge in [-0.05, 0) is 30.4 Å². The predicted molar refractivity (Wildman–Crippen MR) is 74.4 cm³/mol. The molecule has 0 bridgehead atoms.